The third-order valence-electron chi connectivity index (χ3n) is 10.9. The molecule has 0 bridgehead atoms. The summed E-state index contributed by atoms with van der Waals surface area (Å²) in [6.45, 7) is 1.45. The third-order valence-corrected chi connectivity index (χ3v) is 11.2. The van der Waals surface area contributed by atoms with Crippen molar-refractivity contribution in [1.82, 2.24) is 0 Å². The number of hydrogen-bond acceptors (Lipinski definition) is 6. The van der Waals surface area contributed by atoms with E-state index in [0.29, 0.717) is 33.1 Å². The number of nitrogens with zero attached hydrogens (tertiary/aromatic N) is 2. The number of fused-ring (bicyclic) bond motifs is 4. The number of hydrogen-bond donors (Lipinski definition) is 1. The molecule has 1 N–H and O–H groups in total. The zero-order valence-corrected chi connectivity index (χ0v) is 27.2. The molecule has 4 aliphatic rings. The molecule has 6 unspecified atom stereocenters. The number of imide groups is 2. The minimum Gasteiger partial charge on any atom is -0.508 e. The Morgan fingerprint density at radius 2 is 1.49 bits per heavy atom. The quantitative estimate of drug-likeness (QED) is 0.145. The van der Waals surface area contributed by atoms with Crippen LogP contribution in [0.5, 0.6) is 5.75 Å². The Morgan fingerprint density at radius 1 is 0.776 bits per heavy atom. The Balaban J connectivity index is 1.32. The van der Waals surface area contributed by atoms with Crippen LogP contribution in [0.2, 0.25) is 5.02 Å². The minimum absolute atomic E-state index is 0.0345. The molecule has 2 saturated heterocycles. The van der Waals surface area contributed by atoms with Gasteiger partial charge in [-0.3, -0.25) is 28.9 Å². The van der Waals surface area contributed by atoms with E-state index in [1.807, 2.05) is 36.4 Å². The Bertz CT molecular complexity index is 2110. The van der Waals surface area contributed by atoms with Crippen LogP contribution in [-0.4, -0.2) is 34.5 Å². The number of rotatable bonds is 5. The summed E-state index contributed by atoms with van der Waals surface area (Å²) in [5.41, 5.74) is 1.56. The first-order chi connectivity index (χ1) is 23.6. The van der Waals surface area contributed by atoms with Crippen molar-refractivity contribution < 1.29 is 29.1 Å². The number of phenols is 1. The number of phenolic OH excluding ortho intramolecular Hbond substituents is 1. The van der Waals surface area contributed by atoms with Gasteiger partial charge in [0.2, 0.25) is 23.6 Å². The summed E-state index contributed by atoms with van der Waals surface area (Å²) >= 11 is 6.36. The second-order valence-electron chi connectivity index (χ2n) is 13.3. The second kappa shape index (κ2) is 11.4. The van der Waals surface area contributed by atoms with Crippen molar-refractivity contribution in [2.45, 2.75) is 31.1 Å². The zero-order chi connectivity index (χ0) is 34.2. The molecule has 2 aliphatic heterocycles. The van der Waals surface area contributed by atoms with Crippen LogP contribution < -0.4 is 9.80 Å². The maximum absolute atomic E-state index is 15.2. The van der Waals surface area contributed by atoms with Gasteiger partial charge in [0.1, 0.15) is 5.75 Å². The normalized spacial score (nSPS) is 27.5. The molecule has 9 heteroatoms. The molecule has 8 nitrogen and oxygen atoms in total. The highest BCUT2D eigenvalue weighted by atomic mass is 35.5. The average molecular weight is 671 g/mol. The molecule has 2 heterocycles. The molecule has 3 fully saturated rings. The van der Waals surface area contributed by atoms with Crippen molar-refractivity contribution in [2.24, 2.45) is 23.7 Å². The Kier molecular flexibility index (Phi) is 7.19. The van der Waals surface area contributed by atoms with Crippen molar-refractivity contribution in [1.29, 1.82) is 0 Å². The lowest BCUT2D eigenvalue weighted by Gasteiger charge is -2.50. The molecule has 4 aromatic rings. The topological polar surface area (TPSA) is 112 Å². The van der Waals surface area contributed by atoms with Crippen LogP contribution >= 0.6 is 11.6 Å². The number of carbonyl (C=O) groups excluding carboxylic acids is 5. The van der Waals surface area contributed by atoms with E-state index in [1.165, 1.54) is 16.7 Å². The number of Topliss-reactive ketones (excluding diaryl/α,β-unsaturated/α-hetero) is 1. The highest BCUT2D eigenvalue weighted by Gasteiger charge is 2.70. The molecular weight excluding hydrogens is 640 g/mol. The SMILES string of the molecule is CC(=O)c1ccc(N2C(=O)C3CC=C4C(CC5C(=O)N(c6cccc(Cl)c6)C(=O)C5(c5ccccc5)C4c4ccccc4O)C3C2=O)cc1. The van der Waals surface area contributed by atoms with Crippen LogP contribution in [0.1, 0.15) is 47.2 Å². The van der Waals surface area contributed by atoms with Gasteiger partial charge in [0.15, 0.2) is 5.78 Å². The Morgan fingerprint density at radius 3 is 2.18 bits per heavy atom. The molecule has 1 saturated carbocycles. The Labute approximate surface area is 287 Å². The van der Waals surface area contributed by atoms with Gasteiger partial charge in [0, 0.05) is 22.1 Å². The fourth-order valence-electron chi connectivity index (χ4n) is 8.92. The van der Waals surface area contributed by atoms with Crippen LogP contribution in [0.4, 0.5) is 11.4 Å². The third kappa shape index (κ3) is 4.40. The molecule has 244 valence electrons. The van der Waals surface area contributed by atoms with E-state index in [4.69, 9.17) is 11.6 Å². The van der Waals surface area contributed by atoms with Crippen LogP contribution in [0.3, 0.4) is 0 Å². The number of para-hydroxylation sites is 1. The van der Waals surface area contributed by atoms with Crippen LogP contribution in [0.25, 0.3) is 0 Å². The lowest BCUT2D eigenvalue weighted by atomic mass is 9.49. The largest absolute Gasteiger partial charge is 0.508 e. The van der Waals surface area contributed by atoms with Crippen molar-refractivity contribution in [3.63, 3.8) is 0 Å². The summed E-state index contributed by atoms with van der Waals surface area (Å²) < 4.78 is 0. The highest BCUT2D eigenvalue weighted by molar-refractivity contribution is 6.32. The van der Waals surface area contributed by atoms with E-state index in [9.17, 15) is 24.3 Å². The average Bonchev–Trinajstić information content (AvgIpc) is 3.49. The summed E-state index contributed by atoms with van der Waals surface area (Å²) in [6.07, 6.45) is 2.35. The molecule has 0 radical (unpaired) electrons. The number of amides is 4. The molecule has 6 atom stereocenters. The van der Waals surface area contributed by atoms with Gasteiger partial charge in [-0.2, -0.15) is 0 Å². The first kappa shape index (κ1) is 31.0. The zero-order valence-electron chi connectivity index (χ0n) is 26.5. The predicted molar refractivity (Wildman–Crippen MR) is 183 cm³/mol. The van der Waals surface area contributed by atoms with Crippen LogP contribution in [-0.2, 0) is 24.6 Å². The summed E-state index contributed by atoms with van der Waals surface area (Å²) in [5, 5.41) is 11.8. The standard InChI is InChI=1S/C40H31ClN2O6/c1-22(44)23-14-16-26(17-15-23)42-36(46)30-19-18-28-31(34(30)38(42)48)21-32-37(47)43(27-11-7-10-25(41)20-27)39(49)40(32,24-8-3-2-4-9-24)35(28)29-12-5-6-13-33(29)45/h2-18,20,30-32,34-35,45H,19,21H2,1H3. The lowest BCUT2D eigenvalue weighted by Crippen LogP contribution is -2.53. The van der Waals surface area contributed by atoms with Gasteiger partial charge < -0.3 is 5.11 Å². The van der Waals surface area contributed by atoms with E-state index in [0.717, 1.165) is 5.57 Å². The number of aromatic hydroxyl groups is 1. The number of anilines is 2. The molecule has 0 aromatic heterocycles. The first-order valence-electron chi connectivity index (χ1n) is 16.3. The number of halogens is 1. The molecule has 0 spiro atoms. The first-order valence-corrected chi connectivity index (χ1v) is 16.7. The maximum atomic E-state index is 15.2. The predicted octanol–water partition coefficient (Wildman–Crippen LogP) is 6.62. The van der Waals surface area contributed by atoms with Crippen molar-refractivity contribution >= 4 is 52.4 Å². The highest BCUT2D eigenvalue weighted by Crippen LogP contribution is 2.65. The summed E-state index contributed by atoms with van der Waals surface area (Å²) in [7, 11) is 0. The van der Waals surface area contributed by atoms with E-state index in [2.05, 4.69) is 0 Å². The fraction of sp³-hybridized carbons (Fsp3) is 0.225. The Hall–Kier alpha value is -5.34. The molecular formula is C40H31ClN2O6. The summed E-state index contributed by atoms with van der Waals surface area (Å²) in [5.74, 6) is -5.53. The minimum atomic E-state index is -1.47. The summed E-state index contributed by atoms with van der Waals surface area (Å²) in [4.78, 5) is 72.7. The van der Waals surface area contributed by atoms with Gasteiger partial charge >= 0.3 is 0 Å². The van der Waals surface area contributed by atoms with Gasteiger partial charge in [0.05, 0.1) is 34.5 Å². The second-order valence-corrected chi connectivity index (χ2v) is 13.7. The van der Waals surface area contributed by atoms with Gasteiger partial charge in [-0.15, -0.1) is 0 Å². The van der Waals surface area contributed by atoms with E-state index < -0.39 is 46.8 Å². The van der Waals surface area contributed by atoms with E-state index in [1.54, 1.807) is 72.8 Å². The lowest BCUT2D eigenvalue weighted by molar-refractivity contribution is -0.127. The molecule has 49 heavy (non-hydrogen) atoms. The number of ketones is 1. The van der Waals surface area contributed by atoms with Gasteiger partial charge in [0.25, 0.3) is 0 Å². The van der Waals surface area contributed by atoms with E-state index >= 15 is 4.79 Å². The van der Waals surface area contributed by atoms with Crippen molar-refractivity contribution in [3.8, 4) is 5.75 Å². The molecule has 4 aromatic carbocycles. The van der Waals surface area contributed by atoms with Crippen molar-refractivity contribution in [3.05, 3.63) is 136 Å². The monoisotopic (exact) mass is 670 g/mol. The van der Waals surface area contributed by atoms with Crippen LogP contribution in [0, 0.1) is 23.7 Å². The van der Waals surface area contributed by atoms with Gasteiger partial charge in [-0.25, -0.2) is 4.90 Å². The fourth-order valence-corrected chi connectivity index (χ4v) is 9.10. The number of benzene rings is 4. The van der Waals surface area contributed by atoms with E-state index in [-0.39, 0.29) is 36.2 Å². The smallest absolute Gasteiger partial charge is 0.246 e. The van der Waals surface area contributed by atoms with Crippen LogP contribution in [0.15, 0.2) is 115 Å². The van der Waals surface area contributed by atoms with Crippen molar-refractivity contribution in [2.75, 3.05) is 9.80 Å². The van der Waals surface area contributed by atoms with Gasteiger partial charge in [-0.05, 0) is 79.8 Å². The number of carbonyl (C=O) groups is 5. The maximum Gasteiger partial charge on any atom is 0.246 e. The summed E-state index contributed by atoms with van der Waals surface area (Å²) in [6, 6.07) is 29.0. The number of allylic oxidation sites excluding steroid dienone is 2. The van der Waals surface area contributed by atoms with Gasteiger partial charge in [-0.1, -0.05) is 77.8 Å². The molecule has 2 aliphatic carbocycles. The molecule has 4 amide bonds. The molecule has 8 rings (SSSR count).